The Morgan fingerprint density at radius 3 is 3.00 bits per heavy atom. The maximum absolute atomic E-state index is 5.75. The molecule has 0 aliphatic carbocycles. The van der Waals surface area contributed by atoms with Crippen LogP contribution in [0.15, 0.2) is 24.5 Å². The minimum absolute atomic E-state index is 0.196. The van der Waals surface area contributed by atoms with Crippen LogP contribution in [-0.4, -0.2) is 26.7 Å². The van der Waals surface area contributed by atoms with Crippen LogP contribution < -0.4 is 11.1 Å². The summed E-state index contributed by atoms with van der Waals surface area (Å²) in [5, 5.41) is 7.42. The topological polar surface area (TPSA) is 68.2 Å². The Morgan fingerprint density at radius 2 is 2.25 bits per heavy atom. The van der Waals surface area contributed by atoms with Gasteiger partial charge in [0.2, 0.25) is 0 Å². The molecule has 0 radical (unpaired) electrons. The fraction of sp³-hybridized carbons (Fsp3) is 0.455. The summed E-state index contributed by atoms with van der Waals surface area (Å²) in [6, 6.07) is 4.30. The molecule has 0 spiro atoms. The summed E-state index contributed by atoms with van der Waals surface area (Å²) in [4.78, 5) is 4.43. The van der Waals surface area contributed by atoms with Crippen LogP contribution in [0.2, 0.25) is 0 Å². The van der Waals surface area contributed by atoms with Crippen LogP contribution in [0.1, 0.15) is 20.3 Å². The Kier molecular flexibility index (Phi) is 3.05. The zero-order valence-electron chi connectivity index (χ0n) is 9.59. The van der Waals surface area contributed by atoms with Crippen molar-refractivity contribution in [3.05, 3.63) is 24.5 Å². The highest BCUT2D eigenvalue weighted by Gasteiger charge is 2.06. The molecule has 2 rings (SSSR count). The largest absolute Gasteiger partial charge is 0.367 e. The van der Waals surface area contributed by atoms with Gasteiger partial charge in [-0.2, -0.15) is 5.10 Å². The fourth-order valence-corrected chi connectivity index (χ4v) is 1.76. The molecule has 0 aliphatic rings. The lowest BCUT2D eigenvalue weighted by atomic mass is 10.1. The van der Waals surface area contributed by atoms with Gasteiger partial charge in [0.15, 0.2) is 5.65 Å². The number of aromatic nitrogens is 3. The van der Waals surface area contributed by atoms with E-state index in [-0.39, 0.29) is 6.04 Å². The summed E-state index contributed by atoms with van der Waals surface area (Å²) in [5.41, 5.74) is 6.59. The number of rotatable bonds is 4. The maximum Gasteiger partial charge on any atom is 0.157 e. The maximum atomic E-state index is 5.75. The lowest BCUT2D eigenvalue weighted by Crippen LogP contribution is -2.26. The van der Waals surface area contributed by atoms with Crippen molar-refractivity contribution in [3.63, 3.8) is 0 Å². The lowest BCUT2D eigenvalue weighted by molar-refractivity contribution is 0.603. The quantitative estimate of drug-likeness (QED) is 0.812. The number of nitrogens with zero attached hydrogens (tertiary/aromatic N) is 3. The SMILES string of the molecule is CC(N)CC(C)Nc1ccn2nccc2n1. The van der Waals surface area contributed by atoms with Gasteiger partial charge in [-0.15, -0.1) is 0 Å². The van der Waals surface area contributed by atoms with Crippen LogP contribution in [0.5, 0.6) is 0 Å². The zero-order chi connectivity index (χ0) is 11.5. The highest BCUT2D eigenvalue weighted by Crippen LogP contribution is 2.09. The monoisotopic (exact) mass is 219 g/mol. The van der Waals surface area contributed by atoms with Crippen LogP contribution in [0.3, 0.4) is 0 Å². The van der Waals surface area contributed by atoms with Crippen molar-refractivity contribution in [2.75, 3.05) is 5.32 Å². The fourth-order valence-electron chi connectivity index (χ4n) is 1.76. The first-order valence-corrected chi connectivity index (χ1v) is 5.47. The Labute approximate surface area is 94.7 Å². The average molecular weight is 219 g/mol. The highest BCUT2D eigenvalue weighted by molar-refractivity contribution is 5.45. The molecule has 2 aromatic rings. The summed E-state index contributed by atoms with van der Waals surface area (Å²) in [5.74, 6) is 0.862. The van der Waals surface area contributed by atoms with E-state index in [1.165, 1.54) is 0 Å². The third kappa shape index (κ3) is 2.49. The van der Waals surface area contributed by atoms with Crippen LogP contribution in [-0.2, 0) is 0 Å². The predicted octanol–water partition coefficient (Wildman–Crippen LogP) is 1.27. The molecule has 2 heterocycles. The van der Waals surface area contributed by atoms with Crippen LogP contribution >= 0.6 is 0 Å². The molecule has 86 valence electrons. The van der Waals surface area contributed by atoms with Gasteiger partial charge < -0.3 is 11.1 Å². The molecule has 2 aromatic heterocycles. The molecule has 0 saturated heterocycles. The van der Waals surface area contributed by atoms with Gasteiger partial charge in [0.1, 0.15) is 5.82 Å². The van der Waals surface area contributed by atoms with E-state index in [1.807, 2.05) is 25.3 Å². The van der Waals surface area contributed by atoms with Crippen molar-refractivity contribution in [2.24, 2.45) is 5.73 Å². The smallest absolute Gasteiger partial charge is 0.157 e. The second kappa shape index (κ2) is 4.49. The van der Waals surface area contributed by atoms with E-state index >= 15 is 0 Å². The Balaban J connectivity index is 2.08. The number of hydrogen-bond donors (Lipinski definition) is 2. The zero-order valence-corrected chi connectivity index (χ0v) is 9.59. The molecule has 0 fully saturated rings. The molecule has 2 unspecified atom stereocenters. The van der Waals surface area contributed by atoms with Crippen molar-refractivity contribution < 1.29 is 0 Å². The highest BCUT2D eigenvalue weighted by atomic mass is 15.2. The van der Waals surface area contributed by atoms with Crippen LogP contribution in [0.4, 0.5) is 5.82 Å². The molecular weight excluding hydrogens is 202 g/mol. The van der Waals surface area contributed by atoms with Crippen molar-refractivity contribution in [1.29, 1.82) is 0 Å². The lowest BCUT2D eigenvalue weighted by Gasteiger charge is -2.16. The molecule has 3 N–H and O–H groups in total. The van der Waals surface area contributed by atoms with Crippen molar-refractivity contribution in [1.82, 2.24) is 14.6 Å². The number of nitrogens with one attached hydrogen (secondary N) is 1. The molecule has 0 bridgehead atoms. The van der Waals surface area contributed by atoms with Crippen molar-refractivity contribution in [3.8, 4) is 0 Å². The van der Waals surface area contributed by atoms with E-state index < -0.39 is 0 Å². The molecule has 2 atom stereocenters. The first-order valence-electron chi connectivity index (χ1n) is 5.47. The van der Waals surface area contributed by atoms with E-state index in [0.29, 0.717) is 6.04 Å². The summed E-state index contributed by atoms with van der Waals surface area (Å²) in [6.07, 6.45) is 4.55. The number of fused-ring (bicyclic) bond motifs is 1. The van der Waals surface area contributed by atoms with E-state index in [1.54, 1.807) is 10.7 Å². The average Bonchev–Trinajstić information content (AvgIpc) is 2.63. The molecule has 16 heavy (non-hydrogen) atoms. The molecule has 5 nitrogen and oxygen atoms in total. The van der Waals surface area contributed by atoms with Gasteiger partial charge in [-0.25, -0.2) is 9.50 Å². The second-order valence-corrected chi connectivity index (χ2v) is 4.21. The Bertz CT molecular complexity index is 462. The molecule has 0 saturated carbocycles. The van der Waals surface area contributed by atoms with Crippen LogP contribution in [0, 0.1) is 0 Å². The first kappa shape index (κ1) is 10.9. The van der Waals surface area contributed by atoms with Crippen molar-refractivity contribution in [2.45, 2.75) is 32.4 Å². The molecule has 0 aromatic carbocycles. The third-order valence-electron chi connectivity index (χ3n) is 2.38. The van der Waals surface area contributed by atoms with E-state index in [9.17, 15) is 0 Å². The van der Waals surface area contributed by atoms with E-state index in [4.69, 9.17) is 5.73 Å². The summed E-state index contributed by atoms with van der Waals surface area (Å²) in [6.45, 7) is 4.11. The second-order valence-electron chi connectivity index (χ2n) is 4.21. The van der Waals surface area contributed by atoms with Gasteiger partial charge in [-0.1, -0.05) is 0 Å². The summed E-state index contributed by atoms with van der Waals surface area (Å²) in [7, 11) is 0. The molecule has 5 heteroatoms. The minimum atomic E-state index is 0.196. The van der Waals surface area contributed by atoms with Gasteiger partial charge in [-0.05, 0) is 26.3 Å². The van der Waals surface area contributed by atoms with Gasteiger partial charge in [-0.3, -0.25) is 0 Å². The number of anilines is 1. The van der Waals surface area contributed by atoms with Gasteiger partial charge in [0.05, 0.1) is 6.20 Å². The Hall–Kier alpha value is -1.62. The van der Waals surface area contributed by atoms with E-state index in [2.05, 4.69) is 22.3 Å². The first-order chi connectivity index (χ1) is 7.65. The van der Waals surface area contributed by atoms with Crippen molar-refractivity contribution >= 4 is 11.5 Å². The van der Waals surface area contributed by atoms with Gasteiger partial charge in [0, 0.05) is 24.3 Å². The minimum Gasteiger partial charge on any atom is -0.367 e. The van der Waals surface area contributed by atoms with Gasteiger partial charge in [0.25, 0.3) is 0 Å². The van der Waals surface area contributed by atoms with Gasteiger partial charge >= 0.3 is 0 Å². The Morgan fingerprint density at radius 1 is 1.44 bits per heavy atom. The molecular formula is C11H17N5. The number of hydrogen-bond acceptors (Lipinski definition) is 4. The van der Waals surface area contributed by atoms with E-state index in [0.717, 1.165) is 17.9 Å². The number of nitrogens with two attached hydrogens (primary N) is 1. The summed E-state index contributed by atoms with van der Waals surface area (Å²) < 4.78 is 1.74. The standard InChI is InChI=1S/C11H17N5/c1-8(12)7-9(2)14-10-4-6-16-11(15-10)3-5-13-16/h3-6,8-9H,7,12H2,1-2H3,(H,14,15). The summed E-state index contributed by atoms with van der Waals surface area (Å²) >= 11 is 0. The molecule has 0 aliphatic heterocycles. The molecule has 0 amide bonds. The third-order valence-corrected chi connectivity index (χ3v) is 2.38. The predicted molar refractivity (Wildman–Crippen MR) is 64.3 cm³/mol. The normalized spacial score (nSPS) is 14.9. The van der Waals surface area contributed by atoms with Crippen LogP contribution in [0.25, 0.3) is 5.65 Å².